The summed E-state index contributed by atoms with van der Waals surface area (Å²) >= 11 is 1.18. The maximum Gasteiger partial charge on any atom is 0.338 e. The van der Waals surface area contributed by atoms with Gasteiger partial charge in [-0.2, -0.15) is 0 Å². The van der Waals surface area contributed by atoms with Gasteiger partial charge in [-0.1, -0.05) is 55.4 Å². The van der Waals surface area contributed by atoms with E-state index in [-0.39, 0.29) is 23.2 Å². The number of aromatic nitrogens is 1. The van der Waals surface area contributed by atoms with Gasteiger partial charge in [-0.05, 0) is 48.1 Å². The summed E-state index contributed by atoms with van der Waals surface area (Å²) in [4.78, 5) is 37.6. The summed E-state index contributed by atoms with van der Waals surface area (Å²) in [6.45, 7) is 4.40. The van der Waals surface area contributed by atoms with E-state index < -0.39 is 11.2 Å². The van der Waals surface area contributed by atoms with E-state index in [1.807, 2.05) is 43.3 Å². The van der Waals surface area contributed by atoms with Crippen molar-refractivity contribution in [2.45, 2.75) is 38.5 Å². The second-order valence-electron chi connectivity index (χ2n) is 7.86. The molecule has 7 nitrogen and oxygen atoms in total. The van der Waals surface area contributed by atoms with Crippen LogP contribution in [-0.2, 0) is 22.5 Å². The molecule has 0 spiro atoms. The van der Waals surface area contributed by atoms with Crippen molar-refractivity contribution in [3.8, 4) is 0 Å². The molecular formula is C25H25N3O4S. The molecule has 1 aliphatic heterocycles. The Morgan fingerprint density at radius 3 is 2.52 bits per heavy atom. The molecule has 4 rings (SSSR count). The summed E-state index contributed by atoms with van der Waals surface area (Å²) in [6.07, 6.45) is 1.53. The van der Waals surface area contributed by atoms with Gasteiger partial charge in [-0.25, -0.2) is 4.79 Å². The SMILES string of the molecule is CCCc1cc2ccc(C(=O)OCC)cc2n(Cc2ccc(C3SC(=N)NC3=O)cc2)c1=O. The first kappa shape index (κ1) is 22.8. The number of hydrogen-bond acceptors (Lipinski definition) is 6. The van der Waals surface area contributed by atoms with Crippen LogP contribution in [0.1, 0.15) is 52.6 Å². The van der Waals surface area contributed by atoms with E-state index in [4.69, 9.17) is 10.1 Å². The number of carbonyl (C=O) groups excluding carboxylic acids is 2. The second-order valence-corrected chi connectivity index (χ2v) is 8.98. The molecule has 170 valence electrons. The Morgan fingerprint density at radius 1 is 1.12 bits per heavy atom. The van der Waals surface area contributed by atoms with E-state index in [0.29, 0.717) is 24.0 Å². The minimum absolute atomic E-state index is 0.0754. The number of rotatable bonds is 7. The molecule has 8 heteroatoms. The molecule has 1 saturated heterocycles. The number of pyridine rings is 1. The Labute approximate surface area is 195 Å². The zero-order valence-electron chi connectivity index (χ0n) is 18.5. The van der Waals surface area contributed by atoms with E-state index in [9.17, 15) is 14.4 Å². The lowest BCUT2D eigenvalue weighted by molar-refractivity contribution is -0.118. The third-order valence-electron chi connectivity index (χ3n) is 5.54. The molecule has 1 atom stereocenters. The molecule has 2 heterocycles. The smallest absolute Gasteiger partial charge is 0.338 e. The van der Waals surface area contributed by atoms with Gasteiger partial charge in [-0.3, -0.25) is 15.0 Å². The Hall–Kier alpha value is -3.39. The molecule has 0 radical (unpaired) electrons. The van der Waals surface area contributed by atoms with Crippen molar-refractivity contribution >= 4 is 39.7 Å². The predicted molar refractivity (Wildman–Crippen MR) is 130 cm³/mol. The Kier molecular flexibility index (Phi) is 6.65. The first-order valence-electron chi connectivity index (χ1n) is 10.9. The standard InChI is InChI=1S/C25H25N3O4S/c1-3-5-18-12-17-10-11-19(24(31)32-4-2)13-20(17)28(23(18)30)14-15-6-8-16(9-7-15)21-22(29)27-25(26)33-21/h6-13,21H,3-5,14H2,1-2H3,(H2,26,27,29). The zero-order chi connectivity index (χ0) is 23.5. The number of hydrogen-bond donors (Lipinski definition) is 2. The van der Waals surface area contributed by atoms with Gasteiger partial charge in [0, 0.05) is 5.56 Å². The number of carbonyl (C=O) groups is 2. The van der Waals surface area contributed by atoms with Crippen molar-refractivity contribution in [3.05, 3.63) is 81.1 Å². The first-order valence-corrected chi connectivity index (χ1v) is 11.8. The average molecular weight is 464 g/mol. The van der Waals surface area contributed by atoms with Crippen LogP contribution in [0.5, 0.6) is 0 Å². The maximum atomic E-state index is 13.3. The second kappa shape index (κ2) is 9.62. The van der Waals surface area contributed by atoms with Crippen LogP contribution in [0.25, 0.3) is 10.9 Å². The van der Waals surface area contributed by atoms with Crippen LogP contribution >= 0.6 is 11.8 Å². The lowest BCUT2D eigenvalue weighted by Gasteiger charge is -2.15. The fraction of sp³-hybridized carbons (Fsp3) is 0.280. The van der Waals surface area contributed by atoms with E-state index >= 15 is 0 Å². The van der Waals surface area contributed by atoms with Crippen molar-refractivity contribution in [3.63, 3.8) is 0 Å². The average Bonchev–Trinajstić information content (AvgIpc) is 3.15. The van der Waals surface area contributed by atoms with Crippen LogP contribution in [-0.4, -0.2) is 28.2 Å². The number of ether oxygens (including phenoxy) is 1. The number of amides is 1. The van der Waals surface area contributed by atoms with Gasteiger partial charge in [0.25, 0.3) is 5.56 Å². The van der Waals surface area contributed by atoms with Crippen molar-refractivity contribution in [2.75, 3.05) is 6.61 Å². The van der Waals surface area contributed by atoms with Crippen LogP contribution in [0.15, 0.2) is 53.3 Å². The molecule has 1 unspecified atom stereocenters. The number of amidine groups is 1. The Balaban J connectivity index is 1.73. The molecule has 1 fully saturated rings. The predicted octanol–water partition coefficient (Wildman–Crippen LogP) is 4.02. The van der Waals surface area contributed by atoms with Crippen molar-refractivity contribution in [2.24, 2.45) is 0 Å². The highest BCUT2D eigenvalue weighted by Crippen LogP contribution is 2.33. The van der Waals surface area contributed by atoms with Gasteiger partial charge < -0.3 is 14.6 Å². The molecule has 1 amide bonds. The van der Waals surface area contributed by atoms with E-state index in [1.165, 1.54) is 11.8 Å². The zero-order valence-corrected chi connectivity index (χ0v) is 19.3. The van der Waals surface area contributed by atoms with E-state index in [2.05, 4.69) is 5.32 Å². The van der Waals surface area contributed by atoms with E-state index in [0.717, 1.165) is 28.5 Å². The van der Waals surface area contributed by atoms with Gasteiger partial charge in [-0.15, -0.1) is 0 Å². The molecule has 0 saturated carbocycles. The minimum Gasteiger partial charge on any atom is -0.462 e. The van der Waals surface area contributed by atoms with Gasteiger partial charge in [0.2, 0.25) is 5.91 Å². The van der Waals surface area contributed by atoms with Crippen molar-refractivity contribution < 1.29 is 14.3 Å². The normalized spacial score (nSPS) is 15.6. The quantitative estimate of drug-likeness (QED) is 0.516. The number of nitrogens with zero attached hydrogens (tertiary/aromatic N) is 1. The number of fused-ring (bicyclic) bond motifs is 1. The van der Waals surface area contributed by atoms with Crippen molar-refractivity contribution in [1.82, 2.24) is 9.88 Å². The molecule has 2 N–H and O–H groups in total. The third kappa shape index (κ3) is 4.71. The topological polar surface area (TPSA) is 101 Å². The summed E-state index contributed by atoms with van der Waals surface area (Å²) in [6, 6.07) is 14.7. The first-order chi connectivity index (χ1) is 15.9. The summed E-state index contributed by atoms with van der Waals surface area (Å²) in [7, 11) is 0. The Bertz CT molecular complexity index is 1300. The minimum atomic E-state index is -0.435. The maximum absolute atomic E-state index is 13.3. The fourth-order valence-electron chi connectivity index (χ4n) is 3.96. The summed E-state index contributed by atoms with van der Waals surface area (Å²) in [5, 5.41) is 10.8. The number of aryl methyl sites for hydroxylation is 1. The fourth-order valence-corrected chi connectivity index (χ4v) is 4.81. The summed E-state index contributed by atoms with van der Waals surface area (Å²) in [5.74, 6) is -0.614. The molecule has 1 aromatic heterocycles. The monoisotopic (exact) mass is 463 g/mol. The highest BCUT2D eigenvalue weighted by molar-refractivity contribution is 8.15. The highest BCUT2D eigenvalue weighted by Gasteiger charge is 2.30. The molecule has 1 aliphatic rings. The number of nitrogens with one attached hydrogen (secondary N) is 2. The van der Waals surface area contributed by atoms with Crippen LogP contribution in [0, 0.1) is 5.41 Å². The molecule has 33 heavy (non-hydrogen) atoms. The highest BCUT2D eigenvalue weighted by atomic mass is 32.2. The third-order valence-corrected chi connectivity index (χ3v) is 6.59. The molecular weight excluding hydrogens is 438 g/mol. The van der Waals surface area contributed by atoms with Crippen LogP contribution in [0.3, 0.4) is 0 Å². The van der Waals surface area contributed by atoms with Gasteiger partial charge in [0.15, 0.2) is 5.17 Å². The van der Waals surface area contributed by atoms with E-state index in [1.54, 1.807) is 23.6 Å². The number of esters is 1. The molecule has 0 bridgehead atoms. The lowest BCUT2D eigenvalue weighted by atomic mass is 10.0. The van der Waals surface area contributed by atoms with Gasteiger partial charge in [0.1, 0.15) is 5.25 Å². The van der Waals surface area contributed by atoms with Crippen molar-refractivity contribution in [1.29, 1.82) is 5.41 Å². The van der Waals surface area contributed by atoms with Gasteiger partial charge >= 0.3 is 5.97 Å². The molecule has 2 aromatic carbocycles. The van der Waals surface area contributed by atoms with Crippen LogP contribution in [0.4, 0.5) is 0 Å². The Morgan fingerprint density at radius 2 is 1.88 bits per heavy atom. The van der Waals surface area contributed by atoms with Gasteiger partial charge in [0.05, 0.1) is 24.2 Å². The lowest BCUT2D eigenvalue weighted by Crippen LogP contribution is -2.25. The number of benzene rings is 2. The summed E-state index contributed by atoms with van der Waals surface area (Å²) in [5.41, 5.74) is 3.45. The van der Waals surface area contributed by atoms with Crippen LogP contribution < -0.4 is 10.9 Å². The largest absolute Gasteiger partial charge is 0.462 e. The molecule has 0 aliphatic carbocycles. The number of thioether (sulfide) groups is 1. The summed E-state index contributed by atoms with van der Waals surface area (Å²) < 4.78 is 6.83. The molecule has 3 aromatic rings. The van der Waals surface area contributed by atoms with Crippen LogP contribution in [0.2, 0.25) is 0 Å².